The number of amides is 1. The van der Waals surface area contributed by atoms with Crippen LogP contribution in [0.1, 0.15) is 62.5 Å². The fourth-order valence-corrected chi connectivity index (χ4v) is 3.61. The molecule has 150 valence electrons. The quantitative estimate of drug-likeness (QED) is 0.772. The van der Waals surface area contributed by atoms with Crippen LogP contribution >= 0.6 is 0 Å². The van der Waals surface area contributed by atoms with Gasteiger partial charge in [0.25, 0.3) is 11.5 Å². The zero-order valence-corrected chi connectivity index (χ0v) is 16.4. The molecule has 2 aromatic rings. The van der Waals surface area contributed by atoms with Crippen LogP contribution in [-0.2, 0) is 9.53 Å². The average molecular weight is 385 g/mol. The Labute approximate surface area is 164 Å². The van der Waals surface area contributed by atoms with Crippen molar-refractivity contribution in [2.24, 2.45) is 5.92 Å². The van der Waals surface area contributed by atoms with Gasteiger partial charge in [-0.15, -0.1) is 0 Å². The van der Waals surface area contributed by atoms with Crippen LogP contribution in [0.15, 0.2) is 29.1 Å². The number of carbonyl (C=O) groups is 2. The number of ether oxygens (including phenoxy) is 1. The third-order valence-corrected chi connectivity index (χ3v) is 5.16. The van der Waals surface area contributed by atoms with Crippen molar-refractivity contribution in [3.63, 3.8) is 0 Å². The predicted octanol–water partition coefficient (Wildman–Crippen LogP) is 2.83. The maximum absolute atomic E-state index is 12.6. The molecule has 1 aliphatic rings. The van der Waals surface area contributed by atoms with E-state index in [1.165, 1.54) is 23.9 Å². The number of hydrogen-bond donors (Lipinski definition) is 1. The number of carbonyl (C=O) groups excluding carboxylic acids is 2. The van der Waals surface area contributed by atoms with Crippen LogP contribution < -0.4 is 10.9 Å². The second-order valence-electron chi connectivity index (χ2n) is 7.62. The van der Waals surface area contributed by atoms with E-state index in [1.807, 2.05) is 13.8 Å². The van der Waals surface area contributed by atoms with Crippen molar-refractivity contribution >= 4 is 22.6 Å². The summed E-state index contributed by atoms with van der Waals surface area (Å²) in [5.74, 6) is -0.521. The van der Waals surface area contributed by atoms with Gasteiger partial charge in [-0.25, -0.2) is 9.48 Å². The molecule has 1 amide bonds. The van der Waals surface area contributed by atoms with Crippen molar-refractivity contribution in [3.8, 4) is 0 Å². The fraction of sp³-hybridized carbons (Fsp3) is 0.524. The first kappa shape index (κ1) is 20.0. The van der Waals surface area contributed by atoms with Gasteiger partial charge in [0.05, 0.1) is 11.4 Å². The molecule has 28 heavy (non-hydrogen) atoms. The van der Waals surface area contributed by atoms with E-state index in [9.17, 15) is 14.4 Å². The van der Waals surface area contributed by atoms with Gasteiger partial charge < -0.3 is 10.1 Å². The molecule has 0 saturated heterocycles. The SMILES string of the molecule is CC(C)n1nc(C(=O)OCC(=O)NCC2CCCCC2)c2ccccc2c1=O. The summed E-state index contributed by atoms with van der Waals surface area (Å²) in [4.78, 5) is 37.2. The van der Waals surface area contributed by atoms with E-state index in [0.717, 1.165) is 12.8 Å². The van der Waals surface area contributed by atoms with Gasteiger partial charge in [-0.1, -0.05) is 37.5 Å². The Morgan fingerprint density at radius 3 is 2.54 bits per heavy atom. The molecule has 3 rings (SSSR count). The average Bonchev–Trinajstić information content (AvgIpc) is 2.71. The lowest BCUT2D eigenvalue weighted by Crippen LogP contribution is -2.34. The Morgan fingerprint density at radius 2 is 1.86 bits per heavy atom. The van der Waals surface area contributed by atoms with E-state index in [0.29, 0.717) is 23.2 Å². The minimum atomic E-state index is -0.710. The second kappa shape index (κ2) is 8.99. The van der Waals surface area contributed by atoms with Crippen LogP contribution in [0.3, 0.4) is 0 Å². The van der Waals surface area contributed by atoms with E-state index in [2.05, 4.69) is 10.4 Å². The molecule has 0 spiro atoms. The van der Waals surface area contributed by atoms with Gasteiger partial charge in [0.1, 0.15) is 0 Å². The van der Waals surface area contributed by atoms with Crippen molar-refractivity contribution < 1.29 is 14.3 Å². The summed E-state index contributed by atoms with van der Waals surface area (Å²) in [5.41, 5.74) is -0.212. The number of nitrogens with zero attached hydrogens (tertiary/aromatic N) is 2. The Balaban J connectivity index is 1.68. The van der Waals surface area contributed by atoms with Crippen molar-refractivity contribution in [2.75, 3.05) is 13.2 Å². The number of aromatic nitrogens is 2. The zero-order valence-electron chi connectivity index (χ0n) is 16.4. The summed E-state index contributed by atoms with van der Waals surface area (Å²) < 4.78 is 6.45. The van der Waals surface area contributed by atoms with Gasteiger partial charge in [-0.05, 0) is 38.7 Å². The maximum atomic E-state index is 12.6. The number of nitrogens with one attached hydrogen (secondary N) is 1. The zero-order chi connectivity index (χ0) is 20.1. The largest absolute Gasteiger partial charge is 0.451 e. The van der Waals surface area contributed by atoms with Gasteiger partial charge in [0.15, 0.2) is 12.3 Å². The molecule has 0 aliphatic heterocycles. The number of esters is 1. The van der Waals surface area contributed by atoms with Crippen LogP contribution in [0.4, 0.5) is 0 Å². The number of hydrogen-bond acceptors (Lipinski definition) is 5. The summed E-state index contributed by atoms with van der Waals surface area (Å²) in [7, 11) is 0. The van der Waals surface area contributed by atoms with E-state index < -0.39 is 5.97 Å². The van der Waals surface area contributed by atoms with Gasteiger partial charge >= 0.3 is 5.97 Å². The molecule has 1 fully saturated rings. The molecule has 1 saturated carbocycles. The summed E-state index contributed by atoms with van der Waals surface area (Å²) >= 11 is 0. The maximum Gasteiger partial charge on any atom is 0.359 e. The summed E-state index contributed by atoms with van der Waals surface area (Å²) in [6.07, 6.45) is 5.95. The van der Waals surface area contributed by atoms with Crippen molar-refractivity contribution in [1.29, 1.82) is 0 Å². The first-order valence-corrected chi connectivity index (χ1v) is 9.92. The lowest BCUT2D eigenvalue weighted by atomic mass is 9.89. The van der Waals surface area contributed by atoms with Crippen molar-refractivity contribution in [1.82, 2.24) is 15.1 Å². The first-order chi connectivity index (χ1) is 13.5. The van der Waals surface area contributed by atoms with Crippen LogP contribution in [-0.4, -0.2) is 34.8 Å². The molecule has 0 radical (unpaired) electrons. The standard InChI is InChI=1S/C21H27N3O4/c1-14(2)24-20(26)17-11-7-6-10-16(17)19(23-24)21(27)28-13-18(25)22-12-15-8-4-3-5-9-15/h6-7,10-11,14-15H,3-5,8-9,12-13H2,1-2H3,(H,22,25). The van der Waals surface area contributed by atoms with E-state index in [1.54, 1.807) is 24.3 Å². The van der Waals surface area contributed by atoms with E-state index in [-0.39, 0.29) is 29.8 Å². The topological polar surface area (TPSA) is 90.3 Å². The predicted molar refractivity (Wildman–Crippen MR) is 106 cm³/mol. The lowest BCUT2D eigenvalue weighted by molar-refractivity contribution is -0.124. The third-order valence-electron chi connectivity index (χ3n) is 5.16. The van der Waals surface area contributed by atoms with Crippen molar-refractivity contribution in [3.05, 3.63) is 40.3 Å². The number of benzene rings is 1. The molecule has 7 nitrogen and oxygen atoms in total. The highest BCUT2D eigenvalue weighted by Crippen LogP contribution is 2.22. The molecule has 1 aliphatic carbocycles. The Hall–Kier alpha value is -2.70. The molecule has 0 bridgehead atoms. The summed E-state index contributed by atoms with van der Waals surface area (Å²) in [6, 6.07) is 6.58. The molecular weight excluding hydrogens is 358 g/mol. The Bertz CT molecular complexity index is 913. The van der Waals surface area contributed by atoms with Crippen LogP contribution in [0.25, 0.3) is 10.8 Å². The Kier molecular flexibility index (Phi) is 6.44. The van der Waals surface area contributed by atoms with E-state index >= 15 is 0 Å². The minimum Gasteiger partial charge on any atom is -0.451 e. The normalized spacial score (nSPS) is 15.0. The second-order valence-corrected chi connectivity index (χ2v) is 7.62. The van der Waals surface area contributed by atoms with Gasteiger partial charge in [-0.3, -0.25) is 9.59 Å². The van der Waals surface area contributed by atoms with Crippen LogP contribution in [0.5, 0.6) is 0 Å². The van der Waals surface area contributed by atoms with Crippen LogP contribution in [0, 0.1) is 5.92 Å². The molecule has 7 heteroatoms. The fourth-order valence-electron chi connectivity index (χ4n) is 3.61. The molecule has 1 aromatic carbocycles. The molecule has 0 unspecified atom stereocenters. The smallest absolute Gasteiger partial charge is 0.359 e. The van der Waals surface area contributed by atoms with E-state index in [4.69, 9.17) is 4.74 Å². The minimum absolute atomic E-state index is 0.0454. The molecule has 1 aromatic heterocycles. The highest BCUT2D eigenvalue weighted by atomic mass is 16.5. The third kappa shape index (κ3) is 4.58. The van der Waals surface area contributed by atoms with Gasteiger partial charge in [0, 0.05) is 11.9 Å². The molecular formula is C21H27N3O4. The summed E-state index contributed by atoms with van der Waals surface area (Å²) in [6.45, 7) is 3.89. The number of rotatable bonds is 6. The lowest BCUT2D eigenvalue weighted by Gasteiger charge is -2.21. The van der Waals surface area contributed by atoms with Gasteiger partial charge in [0.2, 0.25) is 0 Å². The highest BCUT2D eigenvalue weighted by molar-refractivity contribution is 6.02. The monoisotopic (exact) mass is 385 g/mol. The highest BCUT2D eigenvalue weighted by Gasteiger charge is 2.20. The van der Waals surface area contributed by atoms with Crippen molar-refractivity contribution in [2.45, 2.75) is 52.0 Å². The molecule has 1 heterocycles. The summed E-state index contributed by atoms with van der Waals surface area (Å²) in [5, 5.41) is 7.87. The van der Waals surface area contributed by atoms with Crippen LogP contribution in [0.2, 0.25) is 0 Å². The first-order valence-electron chi connectivity index (χ1n) is 9.92. The number of fused-ring (bicyclic) bond motifs is 1. The Morgan fingerprint density at radius 1 is 1.18 bits per heavy atom. The molecule has 1 N–H and O–H groups in total. The van der Waals surface area contributed by atoms with Gasteiger partial charge in [-0.2, -0.15) is 5.10 Å². The molecule has 0 atom stereocenters.